The average molecular weight is 589 g/mol. The molecule has 30 heavy (non-hydrogen) atoms. The van der Waals surface area contributed by atoms with Crippen LogP contribution in [0, 0.1) is 3.57 Å². The summed E-state index contributed by atoms with van der Waals surface area (Å²) in [6, 6.07) is 21.8. The second-order valence-electron chi connectivity index (χ2n) is 6.74. The highest BCUT2D eigenvalue weighted by atomic mass is 127. The minimum atomic E-state index is -0.0427. The van der Waals surface area contributed by atoms with Gasteiger partial charge in [0.15, 0.2) is 4.96 Å². The van der Waals surface area contributed by atoms with Crippen molar-refractivity contribution in [2.75, 3.05) is 0 Å². The molecule has 0 N–H and O–H groups in total. The zero-order valence-corrected chi connectivity index (χ0v) is 20.1. The molecule has 0 bridgehead atoms. The molecule has 5 aromatic rings. The molecule has 0 atom stereocenters. The Morgan fingerprint density at radius 2 is 1.90 bits per heavy atom. The molecule has 3 aromatic carbocycles. The van der Waals surface area contributed by atoms with Crippen molar-refractivity contribution in [3.8, 4) is 5.75 Å². The summed E-state index contributed by atoms with van der Waals surface area (Å²) in [5, 5.41) is 0. The Hall–Kier alpha value is -2.23. The van der Waals surface area contributed by atoms with E-state index in [4.69, 9.17) is 4.74 Å². The first-order valence-corrected chi connectivity index (χ1v) is 11.9. The topological polar surface area (TPSA) is 43.6 Å². The summed E-state index contributed by atoms with van der Waals surface area (Å²) in [4.78, 5) is 18.2. The predicted octanol–water partition coefficient (Wildman–Crippen LogP) is 5.40. The van der Waals surface area contributed by atoms with Crippen LogP contribution in [-0.4, -0.2) is 9.38 Å². The summed E-state index contributed by atoms with van der Waals surface area (Å²) in [6.45, 7) is 0.498. The zero-order valence-electron chi connectivity index (χ0n) is 15.5. The lowest BCUT2D eigenvalue weighted by Crippen LogP contribution is -2.22. The fraction of sp³-hybridized carbons (Fsp3) is 0.0435. The van der Waals surface area contributed by atoms with E-state index < -0.39 is 0 Å². The lowest BCUT2D eigenvalue weighted by atomic mass is 10.2. The largest absolute Gasteiger partial charge is 0.488 e. The van der Waals surface area contributed by atoms with Gasteiger partial charge in [0.1, 0.15) is 12.4 Å². The van der Waals surface area contributed by atoms with E-state index in [1.807, 2.05) is 48.5 Å². The van der Waals surface area contributed by atoms with E-state index in [2.05, 4.69) is 67.8 Å². The van der Waals surface area contributed by atoms with Gasteiger partial charge in [-0.3, -0.25) is 4.79 Å². The number of ether oxygens (including phenoxy) is 1. The molecule has 0 unspecified atom stereocenters. The van der Waals surface area contributed by atoms with Crippen LogP contribution in [0.15, 0.2) is 76.0 Å². The lowest BCUT2D eigenvalue weighted by Gasteiger charge is -2.09. The first-order valence-electron chi connectivity index (χ1n) is 9.17. The van der Waals surface area contributed by atoms with Crippen molar-refractivity contribution in [1.82, 2.24) is 9.38 Å². The number of thiazole rings is 1. The van der Waals surface area contributed by atoms with E-state index in [9.17, 15) is 4.79 Å². The smallest absolute Gasteiger partial charge is 0.274 e. The molecule has 0 radical (unpaired) electrons. The summed E-state index contributed by atoms with van der Waals surface area (Å²) >= 11 is 7.27. The van der Waals surface area contributed by atoms with E-state index in [1.54, 1.807) is 4.40 Å². The molecule has 2 aromatic heterocycles. The first kappa shape index (κ1) is 19.7. The Kier molecular flexibility index (Phi) is 5.34. The van der Waals surface area contributed by atoms with Crippen LogP contribution < -0.4 is 14.8 Å². The molecule has 2 heterocycles. The van der Waals surface area contributed by atoms with Gasteiger partial charge in [0.2, 0.25) is 0 Å². The molecule has 0 aliphatic carbocycles. The van der Waals surface area contributed by atoms with E-state index in [0.29, 0.717) is 16.1 Å². The number of benzene rings is 3. The van der Waals surface area contributed by atoms with Crippen LogP contribution in [-0.2, 0) is 6.61 Å². The van der Waals surface area contributed by atoms with Crippen LogP contribution in [0.1, 0.15) is 11.1 Å². The van der Waals surface area contributed by atoms with E-state index in [-0.39, 0.29) is 5.56 Å². The van der Waals surface area contributed by atoms with Gasteiger partial charge in [-0.1, -0.05) is 41.7 Å². The van der Waals surface area contributed by atoms with Gasteiger partial charge in [-0.2, -0.15) is 0 Å². The zero-order chi connectivity index (χ0) is 20.7. The number of nitrogens with zero attached hydrogens (tertiary/aromatic N) is 2. The fourth-order valence-corrected chi connectivity index (χ4v) is 5.09. The SMILES string of the molecule is O=c1/c(=C/c2ccc(OCc3ccc(I)cc3)c(Br)c2)sc2nc3ccccc3n12. The van der Waals surface area contributed by atoms with Crippen molar-refractivity contribution in [2.24, 2.45) is 0 Å². The third-order valence-electron chi connectivity index (χ3n) is 4.71. The van der Waals surface area contributed by atoms with Crippen LogP contribution in [0.25, 0.3) is 22.1 Å². The normalized spacial score (nSPS) is 12.1. The monoisotopic (exact) mass is 588 g/mol. The molecule has 7 heteroatoms. The summed E-state index contributed by atoms with van der Waals surface area (Å²) in [7, 11) is 0. The van der Waals surface area contributed by atoms with Crippen molar-refractivity contribution in [1.29, 1.82) is 0 Å². The van der Waals surface area contributed by atoms with Crippen molar-refractivity contribution in [3.05, 3.63) is 101 Å². The molecule has 5 rings (SSSR count). The number of hydrogen-bond acceptors (Lipinski definition) is 4. The molecular formula is C23H14BrIN2O2S. The van der Waals surface area contributed by atoms with Gasteiger partial charge >= 0.3 is 0 Å². The maximum absolute atomic E-state index is 12.9. The van der Waals surface area contributed by atoms with Gasteiger partial charge in [0.05, 0.1) is 20.0 Å². The number of para-hydroxylation sites is 2. The van der Waals surface area contributed by atoms with Gasteiger partial charge in [0, 0.05) is 3.57 Å². The molecule has 0 saturated heterocycles. The number of rotatable bonds is 4. The minimum absolute atomic E-state index is 0.0427. The second kappa shape index (κ2) is 8.13. The lowest BCUT2D eigenvalue weighted by molar-refractivity contribution is 0.304. The summed E-state index contributed by atoms with van der Waals surface area (Å²) in [5.74, 6) is 0.764. The average Bonchev–Trinajstić information content (AvgIpc) is 3.25. The highest BCUT2D eigenvalue weighted by Gasteiger charge is 2.11. The highest BCUT2D eigenvalue weighted by molar-refractivity contribution is 14.1. The van der Waals surface area contributed by atoms with Crippen LogP contribution >= 0.6 is 49.9 Å². The fourth-order valence-electron chi connectivity index (χ4n) is 3.23. The van der Waals surface area contributed by atoms with Crippen molar-refractivity contribution < 1.29 is 4.74 Å². The maximum Gasteiger partial charge on any atom is 0.274 e. The molecule has 0 saturated carbocycles. The van der Waals surface area contributed by atoms with Gasteiger partial charge in [-0.25, -0.2) is 9.38 Å². The number of aromatic nitrogens is 2. The van der Waals surface area contributed by atoms with E-state index in [0.717, 1.165) is 32.4 Å². The molecule has 0 amide bonds. The number of fused-ring (bicyclic) bond motifs is 3. The van der Waals surface area contributed by atoms with Crippen LogP contribution in [0.2, 0.25) is 0 Å². The third-order valence-corrected chi connectivity index (χ3v) is 7.01. The molecular weight excluding hydrogens is 575 g/mol. The third kappa shape index (κ3) is 3.77. The number of hydrogen-bond donors (Lipinski definition) is 0. The van der Waals surface area contributed by atoms with Crippen molar-refractivity contribution in [2.45, 2.75) is 6.61 Å². The Balaban J connectivity index is 1.44. The van der Waals surface area contributed by atoms with Gasteiger partial charge in [0.25, 0.3) is 5.56 Å². The Labute approximate surface area is 198 Å². The Morgan fingerprint density at radius 3 is 2.70 bits per heavy atom. The van der Waals surface area contributed by atoms with E-state index >= 15 is 0 Å². The quantitative estimate of drug-likeness (QED) is 0.264. The Morgan fingerprint density at radius 1 is 1.10 bits per heavy atom. The predicted molar refractivity (Wildman–Crippen MR) is 133 cm³/mol. The van der Waals surface area contributed by atoms with Crippen molar-refractivity contribution >= 4 is 71.9 Å². The van der Waals surface area contributed by atoms with E-state index in [1.165, 1.54) is 14.9 Å². The standard InChI is InChI=1S/C23H14BrIN2O2S/c24-17-11-15(7-10-20(17)29-13-14-5-8-16(25)9-6-14)12-21-22(28)27-19-4-2-1-3-18(19)26-23(27)30-21/h1-12H,13H2/b21-12-. The Bertz CT molecular complexity index is 1490. The van der Waals surface area contributed by atoms with Crippen LogP contribution in [0.4, 0.5) is 0 Å². The number of imidazole rings is 1. The second-order valence-corrected chi connectivity index (χ2v) is 9.85. The number of halogens is 2. The van der Waals surface area contributed by atoms with Gasteiger partial charge in [-0.05, 0) is 92.1 Å². The van der Waals surface area contributed by atoms with Gasteiger partial charge in [-0.15, -0.1) is 0 Å². The summed E-state index contributed by atoms with van der Waals surface area (Å²) in [6.07, 6.45) is 1.89. The molecule has 148 valence electrons. The van der Waals surface area contributed by atoms with Gasteiger partial charge < -0.3 is 4.74 Å². The summed E-state index contributed by atoms with van der Waals surface area (Å²) < 4.78 is 10.3. The maximum atomic E-state index is 12.9. The molecule has 0 fully saturated rings. The highest BCUT2D eigenvalue weighted by Crippen LogP contribution is 2.27. The van der Waals surface area contributed by atoms with Crippen molar-refractivity contribution in [3.63, 3.8) is 0 Å². The minimum Gasteiger partial charge on any atom is -0.488 e. The molecule has 0 spiro atoms. The first-order chi connectivity index (χ1) is 14.6. The summed E-state index contributed by atoms with van der Waals surface area (Å²) in [5.41, 5.74) is 3.68. The molecule has 4 nitrogen and oxygen atoms in total. The molecule has 0 aliphatic rings. The van der Waals surface area contributed by atoms with Crippen LogP contribution in [0.5, 0.6) is 5.75 Å². The molecule has 0 aliphatic heterocycles. The van der Waals surface area contributed by atoms with Crippen LogP contribution in [0.3, 0.4) is 0 Å².